The molecule has 25 heavy (non-hydrogen) atoms. The SMILES string of the molecule is Cc1c(C(Cc2ccc(Cl)c(Cl)c2)C(=O)O)c2ccccc2[nH]c1=O. The zero-order valence-corrected chi connectivity index (χ0v) is 14.9. The highest BCUT2D eigenvalue weighted by molar-refractivity contribution is 6.42. The molecular weight excluding hydrogens is 361 g/mol. The van der Waals surface area contributed by atoms with Crippen LogP contribution < -0.4 is 5.56 Å². The summed E-state index contributed by atoms with van der Waals surface area (Å²) in [4.78, 5) is 27.0. The number of carboxylic acids is 1. The number of pyridine rings is 1. The number of rotatable bonds is 4. The van der Waals surface area contributed by atoms with Crippen LogP contribution in [0.2, 0.25) is 10.0 Å². The van der Waals surface area contributed by atoms with Crippen LogP contribution >= 0.6 is 23.2 Å². The van der Waals surface area contributed by atoms with Crippen molar-refractivity contribution in [2.75, 3.05) is 0 Å². The molecule has 0 aliphatic carbocycles. The molecular formula is C19H15Cl2NO3. The fourth-order valence-corrected chi connectivity index (χ4v) is 3.35. The number of fused-ring (bicyclic) bond motifs is 1. The van der Waals surface area contributed by atoms with Crippen molar-refractivity contribution in [1.29, 1.82) is 0 Å². The molecule has 3 aromatic rings. The lowest BCUT2D eigenvalue weighted by Crippen LogP contribution is -2.21. The zero-order chi connectivity index (χ0) is 18.1. The first-order valence-corrected chi connectivity index (χ1v) is 8.42. The maximum atomic E-state index is 12.2. The van der Waals surface area contributed by atoms with Gasteiger partial charge in [-0.2, -0.15) is 0 Å². The lowest BCUT2D eigenvalue weighted by molar-refractivity contribution is -0.138. The van der Waals surface area contributed by atoms with E-state index in [1.807, 2.05) is 12.1 Å². The molecule has 0 bridgehead atoms. The molecule has 6 heteroatoms. The molecule has 1 unspecified atom stereocenters. The molecule has 0 aliphatic heterocycles. The van der Waals surface area contributed by atoms with Crippen LogP contribution in [-0.2, 0) is 11.2 Å². The minimum atomic E-state index is -0.995. The van der Waals surface area contributed by atoms with Gasteiger partial charge in [-0.1, -0.05) is 47.5 Å². The van der Waals surface area contributed by atoms with E-state index in [1.165, 1.54) is 0 Å². The lowest BCUT2D eigenvalue weighted by atomic mass is 9.87. The molecule has 0 saturated carbocycles. The van der Waals surface area contributed by atoms with Crippen LogP contribution in [0.3, 0.4) is 0 Å². The van der Waals surface area contributed by atoms with Crippen molar-refractivity contribution in [3.05, 3.63) is 79.6 Å². The molecule has 0 spiro atoms. The van der Waals surface area contributed by atoms with Gasteiger partial charge in [0.05, 0.1) is 16.0 Å². The first kappa shape index (κ1) is 17.5. The number of aliphatic carboxylic acids is 1. The second-order valence-electron chi connectivity index (χ2n) is 5.88. The molecule has 0 saturated heterocycles. The first-order chi connectivity index (χ1) is 11.9. The van der Waals surface area contributed by atoms with E-state index in [1.54, 1.807) is 37.3 Å². The van der Waals surface area contributed by atoms with Crippen LogP contribution in [0.25, 0.3) is 10.9 Å². The van der Waals surface area contributed by atoms with E-state index in [4.69, 9.17) is 23.2 Å². The van der Waals surface area contributed by atoms with Gasteiger partial charge in [-0.15, -0.1) is 0 Å². The molecule has 0 aliphatic rings. The number of hydrogen-bond donors (Lipinski definition) is 2. The van der Waals surface area contributed by atoms with Gasteiger partial charge in [0.1, 0.15) is 0 Å². The van der Waals surface area contributed by atoms with Crippen LogP contribution in [0.1, 0.15) is 22.6 Å². The molecule has 1 aromatic heterocycles. The Morgan fingerprint density at radius 2 is 1.88 bits per heavy atom. The Kier molecular flexibility index (Phi) is 4.84. The Morgan fingerprint density at radius 1 is 1.16 bits per heavy atom. The number of halogens is 2. The van der Waals surface area contributed by atoms with Gasteiger partial charge in [-0.25, -0.2) is 0 Å². The fourth-order valence-electron chi connectivity index (χ4n) is 3.03. The number of H-pyrrole nitrogens is 1. The Labute approximate surface area is 154 Å². The van der Waals surface area contributed by atoms with Crippen LogP contribution in [0, 0.1) is 6.92 Å². The number of aromatic amines is 1. The van der Waals surface area contributed by atoms with Gasteiger partial charge >= 0.3 is 5.97 Å². The van der Waals surface area contributed by atoms with Crippen molar-refractivity contribution in [3.8, 4) is 0 Å². The van der Waals surface area contributed by atoms with Crippen LogP contribution in [0.5, 0.6) is 0 Å². The Bertz CT molecular complexity index is 1030. The predicted molar refractivity (Wildman–Crippen MR) is 99.8 cm³/mol. The van der Waals surface area contributed by atoms with E-state index >= 15 is 0 Å². The minimum absolute atomic E-state index is 0.209. The lowest BCUT2D eigenvalue weighted by Gasteiger charge is -2.18. The van der Waals surface area contributed by atoms with Gasteiger partial charge in [0, 0.05) is 16.5 Å². The Balaban J connectivity index is 2.17. The summed E-state index contributed by atoms with van der Waals surface area (Å²) in [6, 6.07) is 12.2. The van der Waals surface area contributed by atoms with Crippen LogP contribution in [-0.4, -0.2) is 16.1 Å². The van der Waals surface area contributed by atoms with E-state index in [-0.39, 0.29) is 12.0 Å². The maximum Gasteiger partial charge on any atom is 0.311 e. The topological polar surface area (TPSA) is 70.2 Å². The third kappa shape index (κ3) is 3.41. The summed E-state index contributed by atoms with van der Waals surface area (Å²) in [7, 11) is 0. The molecule has 0 amide bonds. The predicted octanol–water partition coefficient (Wildman–Crippen LogP) is 4.55. The molecule has 1 heterocycles. The average molecular weight is 376 g/mol. The first-order valence-electron chi connectivity index (χ1n) is 7.66. The summed E-state index contributed by atoms with van der Waals surface area (Å²) in [5.74, 6) is -1.87. The van der Waals surface area contributed by atoms with Gasteiger partial charge < -0.3 is 10.1 Å². The van der Waals surface area contributed by atoms with E-state index in [0.717, 1.165) is 10.9 Å². The number of carbonyl (C=O) groups is 1. The number of benzene rings is 2. The number of aromatic nitrogens is 1. The second kappa shape index (κ2) is 6.90. The number of para-hydroxylation sites is 1. The normalized spacial score (nSPS) is 12.3. The number of nitrogens with one attached hydrogen (secondary N) is 1. The Hall–Kier alpha value is -2.30. The van der Waals surface area contributed by atoms with Crippen molar-refractivity contribution in [2.24, 2.45) is 0 Å². The smallest absolute Gasteiger partial charge is 0.311 e. The van der Waals surface area contributed by atoms with Crippen molar-refractivity contribution in [1.82, 2.24) is 4.98 Å². The highest BCUT2D eigenvalue weighted by Crippen LogP contribution is 2.31. The van der Waals surface area contributed by atoms with Gasteiger partial charge in [-0.05, 0) is 42.7 Å². The molecule has 0 fully saturated rings. The van der Waals surface area contributed by atoms with Crippen LogP contribution in [0.4, 0.5) is 0 Å². The minimum Gasteiger partial charge on any atom is -0.481 e. The zero-order valence-electron chi connectivity index (χ0n) is 13.3. The molecule has 128 valence electrons. The fraction of sp³-hybridized carbons (Fsp3) is 0.158. The highest BCUT2D eigenvalue weighted by atomic mass is 35.5. The van der Waals surface area contributed by atoms with Gasteiger partial charge in [0.25, 0.3) is 5.56 Å². The molecule has 4 nitrogen and oxygen atoms in total. The summed E-state index contributed by atoms with van der Waals surface area (Å²) in [5, 5.41) is 11.3. The molecule has 1 atom stereocenters. The summed E-state index contributed by atoms with van der Waals surface area (Å²) < 4.78 is 0. The molecule has 2 aromatic carbocycles. The second-order valence-corrected chi connectivity index (χ2v) is 6.70. The number of carboxylic acid groups (broad SMARTS) is 1. The van der Waals surface area contributed by atoms with Gasteiger partial charge in [-0.3, -0.25) is 9.59 Å². The van der Waals surface area contributed by atoms with Crippen LogP contribution in [0.15, 0.2) is 47.3 Å². The van der Waals surface area contributed by atoms with E-state index in [2.05, 4.69) is 4.98 Å². The van der Waals surface area contributed by atoms with Crippen molar-refractivity contribution in [2.45, 2.75) is 19.3 Å². The molecule has 0 radical (unpaired) electrons. The summed E-state index contributed by atoms with van der Waals surface area (Å²) in [6.45, 7) is 1.64. The quantitative estimate of drug-likeness (QED) is 0.702. The van der Waals surface area contributed by atoms with Crippen molar-refractivity contribution < 1.29 is 9.90 Å². The van der Waals surface area contributed by atoms with Crippen molar-refractivity contribution in [3.63, 3.8) is 0 Å². The molecule has 2 N–H and O–H groups in total. The third-order valence-electron chi connectivity index (χ3n) is 4.28. The Morgan fingerprint density at radius 3 is 2.56 bits per heavy atom. The monoisotopic (exact) mass is 375 g/mol. The van der Waals surface area contributed by atoms with Gasteiger partial charge in [0.15, 0.2) is 0 Å². The molecule has 3 rings (SSSR count). The largest absolute Gasteiger partial charge is 0.481 e. The summed E-state index contributed by atoms with van der Waals surface area (Å²) >= 11 is 12.0. The van der Waals surface area contributed by atoms with E-state index in [0.29, 0.717) is 26.7 Å². The van der Waals surface area contributed by atoms with E-state index in [9.17, 15) is 14.7 Å². The standard InChI is InChI=1S/C19H15Cl2NO3/c1-10-17(12-4-2-3-5-16(12)22-18(10)23)13(19(24)25)8-11-6-7-14(20)15(21)9-11/h2-7,9,13H,8H2,1H3,(H,22,23)(H,24,25). The average Bonchev–Trinajstić information content (AvgIpc) is 2.57. The highest BCUT2D eigenvalue weighted by Gasteiger charge is 2.26. The summed E-state index contributed by atoms with van der Waals surface area (Å²) in [5.41, 5.74) is 2.01. The van der Waals surface area contributed by atoms with Gasteiger partial charge in [0.2, 0.25) is 0 Å². The van der Waals surface area contributed by atoms with Crippen molar-refractivity contribution >= 4 is 40.1 Å². The van der Waals surface area contributed by atoms with E-state index < -0.39 is 11.9 Å². The third-order valence-corrected chi connectivity index (χ3v) is 5.02. The number of hydrogen-bond acceptors (Lipinski definition) is 2. The summed E-state index contributed by atoms with van der Waals surface area (Å²) in [6.07, 6.45) is 0.209. The maximum absolute atomic E-state index is 12.2.